The molecule has 1 fully saturated rings. The van der Waals surface area contributed by atoms with E-state index in [1.807, 2.05) is 24.3 Å². The maximum absolute atomic E-state index is 13.2. The number of nitrogens with one attached hydrogen (secondary N) is 2. The fourth-order valence-electron chi connectivity index (χ4n) is 3.67. The molecule has 1 aliphatic heterocycles. The van der Waals surface area contributed by atoms with Gasteiger partial charge in [0.2, 0.25) is 11.8 Å². The Labute approximate surface area is 171 Å². The summed E-state index contributed by atoms with van der Waals surface area (Å²) in [6.45, 7) is 2.57. The van der Waals surface area contributed by atoms with Crippen molar-refractivity contribution in [3.05, 3.63) is 71.5 Å². The number of piperazine rings is 1. The molecule has 0 aromatic heterocycles. The fraction of sp³-hybridized carbons (Fsp3) is 0.391. The van der Waals surface area contributed by atoms with E-state index in [9.17, 15) is 14.0 Å². The number of aryl methyl sites for hydroxylation is 1. The van der Waals surface area contributed by atoms with Gasteiger partial charge in [-0.15, -0.1) is 0 Å². The number of carbonyl (C=O) groups is 2. The lowest BCUT2D eigenvalue weighted by atomic mass is 10.1. The highest BCUT2D eigenvalue weighted by atomic mass is 19.1. The van der Waals surface area contributed by atoms with Gasteiger partial charge in [-0.2, -0.15) is 0 Å². The van der Waals surface area contributed by atoms with Crippen LogP contribution in [0.5, 0.6) is 0 Å². The van der Waals surface area contributed by atoms with Crippen LogP contribution in [-0.2, 0) is 22.4 Å². The van der Waals surface area contributed by atoms with Gasteiger partial charge in [-0.05, 0) is 49.1 Å². The largest absolute Gasteiger partial charge is 0.356 e. The first-order chi connectivity index (χ1) is 14.1. The molecular weight excluding hydrogens is 369 g/mol. The van der Waals surface area contributed by atoms with Crippen molar-refractivity contribution in [3.63, 3.8) is 0 Å². The van der Waals surface area contributed by atoms with E-state index in [1.54, 1.807) is 6.07 Å². The number of amides is 2. The van der Waals surface area contributed by atoms with Crippen molar-refractivity contribution >= 4 is 11.8 Å². The van der Waals surface area contributed by atoms with E-state index in [0.717, 1.165) is 31.5 Å². The minimum atomic E-state index is -0.436. The molecule has 0 bridgehead atoms. The van der Waals surface area contributed by atoms with Gasteiger partial charge in [0.15, 0.2) is 0 Å². The van der Waals surface area contributed by atoms with Crippen LogP contribution in [0.3, 0.4) is 0 Å². The average molecular weight is 397 g/mol. The normalized spacial score (nSPS) is 17.0. The Morgan fingerprint density at radius 2 is 1.90 bits per heavy atom. The van der Waals surface area contributed by atoms with E-state index >= 15 is 0 Å². The van der Waals surface area contributed by atoms with Crippen LogP contribution >= 0.6 is 0 Å². The van der Waals surface area contributed by atoms with Crippen LogP contribution in [0.25, 0.3) is 0 Å². The van der Waals surface area contributed by atoms with Gasteiger partial charge in [0.1, 0.15) is 5.82 Å². The molecular formula is C23H28FN3O2. The Bertz CT molecular complexity index is 813. The Morgan fingerprint density at radius 3 is 2.69 bits per heavy atom. The zero-order chi connectivity index (χ0) is 20.5. The second kappa shape index (κ2) is 10.7. The summed E-state index contributed by atoms with van der Waals surface area (Å²) in [7, 11) is 0. The fourth-order valence-corrected chi connectivity index (χ4v) is 3.67. The second-order valence-corrected chi connectivity index (χ2v) is 7.37. The van der Waals surface area contributed by atoms with Crippen LogP contribution in [0, 0.1) is 5.82 Å². The molecule has 0 saturated carbocycles. The highest BCUT2D eigenvalue weighted by molar-refractivity contribution is 5.88. The van der Waals surface area contributed by atoms with Crippen LogP contribution in [0.15, 0.2) is 54.6 Å². The highest BCUT2D eigenvalue weighted by Gasteiger charge is 2.31. The zero-order valence-corrected chi connectivity index (χ0v) is 16.6. The number of rotatable bonds is 9. The molecule has 3 rings (SSSR count). The third kappa shape index (κ3) is 6.68. The van der Waals surface area contributed by atoms with Gasteiger partial charge in [-0.3, -0.25) is 14.5 Å². The van der Waals surface area contributed by atoms with Gasteiger partial charge in [0, 0.05) is 19.6 Å². The lowest BCUT2D eigenvalue weighted by molar-refractivity contribution is -0.133. The first-order valence-electron chi connectivity index (χ1n) is 10.2. The summed E-state index contributed by atoms with van der Waals surface area (Å²) < 4.78 is 13.2. The van der Waals surface area contributed by atoms with Crippen molar-refractivity contribution in [3.8, 4) is 0 Å². The van der Waals surface area contributed by atoms with Gasteiger partial charge in [-0.1, -0.05) is 42.5 Å². The molecule has 2 N–H and O–H groups in total. The van der Waals surface area contributed by atoms with Crippen molar-refractivity contribution in [1.82, 2.24) is 15.5 Å². The smallest absolute Gasteiger partial charge is 0.237 e. The van der Waals surface area contributed by atoms with E-state index in [4.69, 9.17) is 0 Å². The van der Waals surface area contributed by atoms with E-state index in [1.165, 1.54) is 17.7 Å². The van der Waals surface area contributed by atoms with E-state index in [0.29, 0.717) is 19.5 Å². The number of halogens is 1. The Morgan fingerprint density at radius 1 is 1.10 bits per heavy atom. The summed E-state index contributed by atoms with van der Waals surface area (Å²) >= 11 is 0. The maximum atomic E-state index is 13.2. The second-order valence-electron chi connectivity index (χ2n) is 7.37. The average Bonchev–Trinajstić information content (AvgIpc) is 2.71. The van der Waals surface area contributed by atoms with Crippen molar-refractivity contribution in [1.29, 1.82) is 0 Å². The van der Waals surface area contributed by atoms with Crippen molar-refractivity contribution in [2.45, 2.75) is 31.7 Å². The quantitative estimate of drug-likeness (QED) is 0.683. The van der Waals surface area contributed by atoms with Crippen LogP contribution in [0.1, 0.15) is 24.0 Å². The molecule has 1 heterocycles. The van der Waals surface area contributed by atoms with Gasteiger partial charge in [-0.25, -0.2) is 4.39 Å². The molecule has 2 amide bonds. The summed E-state index contributed by atoms with van der Waals surface area (Å²) in [4.78, 5) is 26.8. The number of benzene rings is 2. The van der Waals surface area contributed by atoms with E-state index in [-0.39, 0.29) is 24.1 Å². The lowest BCUT2D eigenvalue weighted by Gasteiger charge is -2.34. The summed E-state index contributed by atoms with van der Waals surface area (Å²) in [6.07, 6.45) is 2.59. The molecule has 0 spiro atoms. The third-order valence-electron chi connectivity index (χ3n) is 5.20. The molecule has 1 atom stereocenters. The van der Waals surface area contributed by atoms with Gasteiger partial charge >= 0.3 is 0 Å². The van der Waals surface area contributed by atoms with Gasteiger partial charge < -0.3 is 10.6 Å². The predicted octanol–water partition coefficient (Wildman–Crippen LogP) is 2.31. The molecule has 2 aromatic rings. The minimum Gasteiger partial charge on any atom is -0.356 e. The lowest BCUT2D eigenvalue weighted by Crippen LogP contribution is -2.56. The number of hydrogen-bond acceptors (Lipinski definition) is 3. The van der Waals surface area contributed by atoms with E-state index in [2.05, 4.69) is 27.7 Å². The van der Waals surface area contributed by atoms with Crippen LogP contribution in [0.2, 0.25) is 0 Å². The SMILES string of the molecule is O=C(CC1C(=O)NCCN1CCCc1ccccc1)NCCc1cccc(F)c1. The molecule has 154 valence electrons. The molecule has 1 aliphatic rings. The molecule has 29 heavy (non-hydrogen) atoms. The monoisotopic (exact) mass is 397 g/mol. The topological polar surface area (TPSA) is 61.4 Å². The summed E-state index contributed by atoms with van der Waals surface area (Å²) in [5, 5.41) is 5.71. The molecule has 6 heteroatoms. The minimum absolute atomic E-state index is 0.0868. The molecule has 1 saturated heterocycles. The van der Waals surface area contributed by atoms with E-state index < -0.39 is 6.04 Å². The number of carbonyl (C=O) groups excluding carboxylic acids is 2. The van der Waals surface area contributed by atoms with Crippen LogP contribution < -0.4 is 10.6 Å². The standard InChI is InChI=1S/C23H28FN3O2/c24-20-10-4-8-19(16-20)11-12-25-22(28)17-21-23(29)26-13-15-27(21)14-5-9-18-6-2-1-3-7-18/h1-4,6-8,10,16,21H,5,9,11-15,17H2,(H,25,28)(H,26,29). The predicted molar refractivity (Wildman–Crippen MR) is 111 cm³/mol. The van der Waals surface area contributed by atoms with Gasteiger partial charge in [0.25, 0.3) is 0 Å². The first-order valence-corrected chi connectivity index (χ1v) is 10.2. The van der Waals surface area contributed by atoms with Crippen LogP contribution in [0.4, 0.5) is 4.39 Å². The molecule has 2 aromatic carbocycles. The highest BCUT2D eigenvalue weighted by Crippen LogP contribution is 2.12. The Kier molecular flexibility index (Phi) is 7.76. The summed E-state index contributed by atoms with van der Waals surface area (Å²) in [5.41, 5.74) is 2.11. The number of hydrogen-bond donors (Lipinski definition) is 2. The van der Waals surface area contributed by atoms with Crippen molar-refractivity contribution in [2.24, 2.45) is 0 Å². The maximum Gasteiger partial charge on any atom is 0.237 e. The first kappa shape index (κ1) is 21.0. The van der Waals surface area contributed by atoms with Crippen molar-refractivity contribution < 1.29 is 14.0 Å². The summed E-state index contributed by atoms with van der Waals surface area (Å²) in [5.74, 6) is -0.522. The molecule has 0 radical (unpaired) electrons. The molecule has 1 unspecified atom stereocenters. The molecule has 0 aliphatic carbocycles. The summed E-state index contributed by atoms with van der Waals surface area (Å²) in [6, 6.07) is 16.2. The van der Waals surface area contributed by atoms with Crippen molar-refractivity contribution in [2.75, 3.05) is 26.2 Å². The number of nitrogens with zero attached hydrogens (tertiary/aromatic N) is 1. The zero-order valence-electron chi connectivity index (χ0n) is 16.6. The van der Waals surface area contributed by atoms with Gasteiger partial charge in [0.05, 0.1) is 12.5 Å². The Hall–Kier alpha value is -2.73. The third-order valence-corrected chi connectivity index (χ3v) is 5.20. The Balaban J connectivity index is 1.45. The van der Waals surface area contributed by atoms with Crippen LogP contribution in [-0.4, -0.2) is 48.9 Å². The molecule has 5 nitrogen and oxygen atoms in total.